The van der Waals surface area contributed by atoms with Gasteiger partial charge in [-0.1, -0.05) is 0 Å². The Hall–Kier alpha value is -1.80. The summed E-state index contributed by atoms with van der Waals surface area (Å²) in [6, 6.07) is 3.93. The number of carboxylic acid groups (broad SMARTS) is 1. The summed E-state index contributed by atoms with van der Waals surface area (Å²) >= 11 is 0. The zero-order valence-corrected chi connectivity index (χ0v) is 9.48. The maximum Gasteiger partial charge on any atom is 0.337 e. The summed E-state index contributed by atoms with van der Waals surface area (Å²) in [6.45, 7) is -0.276. The normalized spacial score (nSPS) is 11.1. The molecule has 7 nitrogen and oxygen atoms in total. The van der Waals surface area contributed by atoms with Crippen LogP contribution in [-0.2, 0) is 10.1 Å². The number of nitrogen functional groups attached to an aromatic ring is 1. The second kappa shape index (κ2) is 5.02. The van der Waals surface area contributed by atoms with Crippen molar-refractivity contribution in [1.82, 2.24) is 0 Å². The Morgan fingerprint density at radius 1 is 1.41 bits per heavy atom. The highest BCUT2D eigenvalue weighted by molar-refractivity contribution is 7.85. The molecule has 8 heteroatoms. The molecular formula is C9H11NO6S. The average Bonchev–Trinajstić information content (AvgIpc) is 2.18. The molecule has 0 aromatic heterocycles. The van der Waals surface area contributed by atoms with Crippen LogP contribution in [0.2, 0.25) is 0 Å². The van der Waals surface area contributed by atoms with Gasteiger partial charge in [0.15, 0.2) is 0 Å². The van der Waals surface area contributed by atoms with Crippen molar-refractivity contribution < 1.29 is 27.6 Å². The SMILES string of the molecule is Nc1ccc(OCCS(=O)(=O)O)cc1C(=O)O. The Balaban J connectivity index is 2.73. The van der Waals surface area contributed by atoms with Crippen molar-refractivity contribution in [2.75, 3.05) is 18.1 Å². The van der Waals surface area contributed by atoms with Crippen LogP contribution in [0.15, 0.2) is 18.2 Å². The summed E-state index contributed by atoms with van der Waals surface area (Å²) in [5.74, 6) is -1.61. The third-order valence-electron chi connectivity index (χ3n) is 1.87. The predicted molar refractivity (Wildman–Crippen MR) is 59.7 cm³/mol. The van der Waals surface area contributed by atoms with E-state index in [0.29, 0.717) is 0 Å². The van der Waals surface area contributed by atoms with E-state index in [1.165, 1.54) is 18.2 Å². The summed E-state index contributed by atoms with van der Waals surface area (Å²) in [6.07, 6.45) is 0. The third kappa shape index (κ3) is 4.29. The summed E-state index contributed by atoms with van der Waals surface area (Å²) < 4.78 is 34.3. The Bertz CT molecular complexity index is 524. The fourth-order valence-electron chi connectivity index (χ4n) is 1.08. The molecule has 0 atom stereocenters. The fourth-order valence-corrected chi connectivity index (χ4v) is 1.37. The molecule has 0 unspecified atom stereocenters. The van der Waals surface area contributed by atoms with E-state index in [2.05, 4.69) is 0 Å². The molecule has 1 aromatic rings. The fraction of sp³-hybridized carbons (Fsp3) is 0.222. The van der Waals surface area contributed by atoms with Gasteiger partial charge in [0.2, 0.25) is 0 Å². The number of anilines is 1. The lowest BCUT2D eigenvalue weighted by Gasteiger charge is -2.07. The van der Waals surface area contributed by atoms with Crippen molar-refractivity contribution in [1.29, 1.82) is 0 Å². The molecule has 0 saturated carbocycles. The van der Waals surface area contributed by atoms with Gasteiger partial charge in [0.1, 0.15) is 18.1 Å². The quantitative estimate of drug-likeness (QED) is 0.511. The van der Waals surface area contributed by atoms with E-state index in [1.807, 2.05) is 0 Å². The van der Waals surface area contributed by atoms with Crippen LogP contribution in [0.25, 0.3) is 0 Å². The minimum atomic E-state index is -4.09. The third-order valence-corrected chi connectivity index (χ3v) is 2.55. The molecule has 0 heterocycles. The predicted octanol–water partition coefficient (Wildman–Crippen LogP) is 0.234. The highest BCUT2D eigenvalue weighted by Gasteiger charge is 2.10. The molecule has 0 bridgehead atoms. The van der Waals surface area contributed by atoms with Gasteiger partial charge < -0.3 is 15.6 Å². The van der Waals surface area contributed by atoms with Gasteiger partial charge in [0.05, 0.1) is 5.56 Å². The standard InChI is InChI=1S/C9H11NO6S/c10-8-2-1-6(5-7(8)9(11)12)16-3-4-17(13,14)15/h1-2,5H,3-4,10H2,(H,11,12)(H,13,14,15). The number of hydrogen-bond donors (Lipinski definition) is 3. The van der Waals surface area contributed by atoms with E-state index in [0.717, 1.165) is 0 Å². The number of hydrogen-bond acceptors (Lipinski definition) is 5. The van der Waals surface area contributed by atoms with Gasteiger partial charge in [0.25, 0.3) is 10.1 Å². The maximum atomic E-state index is 10.7. The molecule has 0 amide bonds. The molecule has 0 radical (unpaired) electrons. The van der Waals surface area contributed by atoms with Gasteiger partial charge >= 0.3 is 5.97 Å². The number of carboxylic acids is 1. The Kier molecular flexibility index (Phi) is 3.92. The highest BCUT2D eigenvalue weighted by Crippen LogP contribution is 2.19. The van der Waals surface area contributed by atoms with Gasteiger partial charge in [-0.25, -0.2) is 4.79 Å². The van der Waals surface area contributed by atoms with Gasteiger partial charge in [-0.2, -0.15) is 8.42 Å². The first kappa shape index (κ1) is 13.3. The Morgan fingerprint density at radius 2 is 2.06 bits per heavy atom. The molecule has 0 spiro atoms. The minimum absolute atomic E-state index is 0.0830. The second-order valence-electron chi connectivity index (χ2n) is 3.19. The lowest BCUT2D eigenvalue weighted by molar-refractivity contribution is 0.0697. The van der Waals surface area contributed by atoms with Crippen LogP contribution in [0.5, 0.6) is 5.75 Å². The monoisotopic (exact) mass is 261 g/mol. The first-order chi connectivity index (χ1) is 7.79. The molecule has 0 aliphatic carbocycles. The molecule has 1 rings (SSSR count). The number of aromatic carboxylic acids is 1. The second-order valence-corrected chi connectivity index (χ2v) is 4.76. The van der Waals surface area contributed by atoms with E-state index in [9.17, 15) is 13.2 Å². The van der Waals surface area contributed by atoms with Crippen molar-refractivity contribution in [2.45, 2.75) is 0 Å². The van der Waals surface area contributed by atoms with Crippen molar-refractivity contribution in [3.05, 3.63) is 23.8 Å². The summed E-state index contributed by atoms with van der Waals surface area (Å²) in [5.41, 5.74) is 5.37. The van der Waals surface area contributed by atoms with E-state index < -0.39 is 21.8 Å². The van der Waals surface area contributed by atoms with E-state index in [1.54, 1.807) is 0 Å². The molecule has 4 N–H and O–H groups in total. The number of nitrogens with two attached hydrogens (primary N) is 1. The van der Waals surface area contributed by atoms with Crippen LogP contribution in [-0.4, -0.2) is 36.4 Å². The number of benzene rings is 1. The smallest absolute Gasteiger partial charge is 0.337 e. The van der Waals surface area contributed by atoms with Gasteiger partial charge in [-0.15, -0.1) is 0 Å². The summed E-state index contributed by atoms with van der Waals surface area (Å²) in [4.78, 5) is 10.7. The number of ether oxygens (including phenoxy) is 1. The maximum absolute atomic E-state index is 10.7. The Morgan fingerprint density at radius 3 is 2.59 bits per heavy atom. The first-order valence-corrected chi connectivity index (χ1v) is 6.11. The van der Waals surface area contributed by atoms with Gasteiger partial charge in [-0.05, 0) is 18.2 Å². The largest absolute Gasteiger partial charge is 0.492 e. The van der Waals surface area contributed by atoms with Crippen molar-refractivity contribution in [2.24, 2.45) is 0 Å². The highest BCUT2D eigenvalue weighted by atomic mass is 32.2. The van der Waals surface area contributed by atoms with Crippen molar-refractivity contribution in [3.8, 4) is 5.75 Å². The van der Waals surface area contributed by atoms with E-state index in [4.69, 9.17) is 20.1 Å². The minimum Gasteiger partial charge on any atom is -0.492 e. The molecule has 0 saturated heterocycles. The molecule has 0 aliphatic rings. The first-order valence-electron chi connectivity index (χ1n) is 4.50. The van der Waals surface area contributed by atoms with Crippen LogP contribution >= 0.6 is 0 Å². The van der Waals surface area contributed by atoms with E-state index >= 15 is 0 Å². The van der Waals surface area contributed by atoms with Crippen LogP contribution in [0.3, 0.4) is 0 Å². The zero-order valence-electron chi connectivity index (χ0n) is 8.66. The Labute approximate surface area is 97.6 Å². The summed E-state index contributed by atoms with van der Waals surface area (Å²) in [7, 11) is -4.09. The van der Waals surface area contributed by atoms with Crippen LogP contribution in [0.4, 0.5) is 5.69 Å². The lowest BCUT2D eigenvalue weighted by atomic mass is 10.2. The van der Waals surface area contributed by atoms with Crippen molar-refractivity contribution >= 4 is 21.8 Å². The van der Waals surface area contributed by atoms with Gasteiger partial charge in [-0.3, -0.25) is 4.55 Å². The zero-order chi connectivity index (χ0) is 13.1. The number of carbonyl (C=O) groups is 1. The average molecular weight is 261 g/mol. The number of rotatable bonds is 5. The topological polar surface area (TPSA) is 127 Å². The van der Waals surface area contributed by atoms with Crippen LogP contribution in [0.1, 0.15) is 10.4 Å². The molecule has 0 aliphatic heterocycles. The van der Waals surface area contributed by atoms with Crippen LogP contribution in [0, 0.1) is 0 Å². The van der Waals surface area contributed by atoms with Crippen molar-refractivity contribution in [3.63, 3.8) is 0 Å². The van der Waals surface area contributed by atoms with Crippen LogP contribution < -0.4 is 10.5 Å². The molecule has 94 valence electrons. The van der Waals surface area contributed by atoms with Gasteiger partial charge in [0, 0.05) is 5.69 Å². The van der Waals surface area contributed by atoms with E-state index in [-0.39, 0.29) is 23.6 Å². The lowest BCUT2D eigenvalue weighted by Crippen LogP contribution is -2.13. The summed E-state index contributed by atoms with van der Waals surface area (Å²) in [5, 5.41) is 8.77. The molecule has 1 aromatic carbocycles. The molecule has 0 fully saturated rings. The molecule has 17 heavy (non-hydrogen) atoms. The molecular weight excluding hydrogens is 250 g/mol.